The minimum Gasteiger partial charge on any atom is -0.348 e. The minimum absolute atomic E-state index is 0.0378. The Kier molecular flexibility index (Phi) is 12.4. The first kappa shape index (κ1) is 39.7. The third-order valence-electron chi connectivity index (χ3n) is 12.5. The number of nitrogens with one attached hydrogen (secondary N) is 3. The van der Waals surface area contributed by atoms with Crippen LogP contribution in [0.2, 0.25) is 0 Å². The molecule has 54 heavy (non-hydrogen) atoms. The molecule has 3 N–H and O–H groups in total. The van der Waals surface area contributed by atoms with E-state index in [1.807, 2.05) is 10.7 Å². The van der Waals surface area contributed by atoms with Crippen molar-refractivity contribution in [1.82, 2.24) is 30.2 Å². The SMILES string of the molecule is CC1CCC(C(C)NC(=O)c2ccnn2CC2CC2)CC1.CCC(=O)NC(C(=O)N1CCN(CC(F)F)C2(CC2)C1)C1(c2ccc(NC=O)c(F)c2)CC1. The summed E-state index contributed by atoms with van der Waals surface area (Å²) >= 11 is 0. The van der Waals surface area contributed by atoms with Crippen molar-refractivity contribution >= 4 is 29.8 Å². The van der Waals surface area contributed by atoms with E-state index in [0.29, 0.717) is 50.4 Å². The second-order valence-electron chi connectivity index (χ2n) is 16.4. The van der Waals surface area contributed by atoms with Crippen LogP contribution in [0.5, 0.6) is 0 Å². The average molecular weight is 756 g/mol. The van der Waals surface area contributed by atoms with E-state index in [2.05, 4.69) is 34.9 Å². The first-order valence-corrected chi connectivity index (χ1v) is 19.8. The van der Waals surface area contributed by atoms with Gasteiger partial charge >= 0.3 is 0 Å². The monoisotopic (exact) mass is 755 g/mol. The molecule has 11 nitrogen and oxygen atoms in total. The number of aromatic nitrogens is 2. The Morgan fingerprint density at radius 2 is 1.72 bits per heavy atom. The fourth-order valence-corrected chi connectivity index (χ4v) is 8.44. The molecule has 2 atom stereocenters. The van der Waals surface area contributed by atoms with E-state index in [4.69, 9.17) is 0 Å². The van der Waals surface area contributed by atoms with E-state index in [1.165, 1.54) is 50.7 Å². The highest BCUT2D eigenvalue weighted by Gasteiger charge is 2.58. The molecule has 5 aliphatic rings. The molecule has 1 aromatic carbocycles. The predicted octanol–water partition coefficient (Wildman–Crippen LogP) is 5.50. The summed E-state index contributed by atoms with van der Waals surface area (Å²) in [5.41, 5.74) is 0.200. The molecule has 2 aromatic rings. The molecule has 2 unspecified atom stereocenters. The lowest BCUT2D eigenvalue weighted by molar-refractivity contribution is -0.141. The number of amides is 4. The number of benzene rings is 1. The molecule has 7 rings (SSSR count). The Labute approximate surface area is 316 Å². The lowest BCUT2D eigenvalue weighted by Crippen LogP contribution is -2.62. The van der Waals surface area contributed by atoms with Gasteiger partial charge < -0.3 is 20.9 Å². The molecule has 0 radical (unpaired) electrons. The second kappa shape index (κ2) is 16.8. The topological polar surface area (TPSA) is 129 Å². The number of hydrogen-bond acceptors (Lipinski definition) is 6. The summed E-state index contributed by atoms with van der Waals surface area (Å²) < 4.78 is 42.4. The summed E-state index contributed by atoms with van der Waals surface area (Å²) in [5, 5.41) is 12.7. The molecule has 5 fully saturated rings. The maximum atomic E-state index is 14.5. The number of carbonyl (C=O) groups is 4. The van der Waals surface area contributed by atoms with Crippen LogP contribution in [0.3, 0.4) is 0 Å². The number of nitrogens with zero attached hydrogens (tertiary/aromatic N) is 4. The normalized spacial score (nSPS) is 23.8. The van der Waals surface area contributed by atoms with E-state index in [1.54, 1.807) is 29.0 Å². The number of alkyl halides is 2. The molecule has 1 spiro atoms. The van der Waals surface area contributed by atoms with Crippen LogP contribution >= 0.6 is 0 Å². The van der Waals surface area contributed by atoms with Gasteiger partial charge in [0.15, 0.2) is 0 Å². The predicted molar refractivity (Wildman–Crippen MR) is 198 cm³/mol. The third kappa shape index (κ3) is 9.29. The molecule has 4 saturated carbocycles. The van der Waals surface area contributed by atoms with E-state index in [9.17, 15) is 32.3 Å². The van der Waals surface area contributed by atoms with Gasteiger partial charge in [0, 0.05) is 55.8 Å². The quantitative estimate of drug-likeness (QED) is 0.219. The van der Waals surface area contributed by atoms with Gasteiger partial charge in [-0.05, 0) is 99.8 Å². The van der Waals surface area contributed by atoms with E-state index >= 15 is 0 Å². The number of piperazine rings is 1. The van der Waals surface area contributed by atoms with Crippen molar-refractivity contribution in [2.24, 2.45) is 17.8 Å². The maximum absolute atomic E-state index is 14.5. The number of hydrogen-bond donors (Lipinski definition) is 3. The van der Waals surface area contributed by atoms with Gasteiger partial charge in [0.1, 0.15) is 17.6 Å². The Morgan fingerprint density at radius 1 is 1.00 bits per heavy atom. The lowest BCUT2D eigenvalue weighted by Gasteiger charge is -2.44. The molecule has 296 valence electrons. The van der Waals surface area contributed by atoms with Crippen molar-refractivity contribution in [3.63, 3.8) is 0 Å². The van der Waals surface area contributed by atoms with Crippen LogP contribution in [-0.2, 0) is 26.3 Å². The summed E-state index contributed by atoms with van der Waals surface area (Å²) in [4.78, 5) is 52.6. The van der Waals surface area contributed by atoms with Crippen LogP contribution in [0.1, 0.15) is 107 Å². The molecule has 1 aliphatic heterocycles. The molecular weight excluding hydrogens is 699 g/mol. The zero-order valence-corrected chi connectivity index (χ0v) is 31.8. The van der Waals surface area contributed by atoms with Crippen molar-refractivity contribution in [2.45, 2.75) is 127 Å². The van der Waals surface area contributed by atoms with Crippen LogP contribution in [0.15, 0.2) is 30.5 Å². The van der Waals surface area contributed by atoms with Crippen molar-refractivity contribution < 1.29 is 32.3 Å². The smallest absolute Gasteiger partial charge is 0.269 e. The Balaban J connectivity index is 0.000000203. The van der Waals surface area contributed by atoms with Crippen molar-refractivity contribution in [2.75, 3.05) is 31.5 Å². The Morgan fingerprint density at radius 3 is 2.31 bits per heavy atom. The fourth-order valence-electron chi connectivity index (χ4n) is 8.44. The van der Waals surface area contributed by atoms with Gasteiger partial charge in [-0.15, -0.1) is 0 Å². The molecule has 4 aliphatic carbocycles. The number of rotatable bonds is 14. The van der Waals surface area contributed by atoms with Crippen LogP contribution < -0.4 is 16.0 Å². The highest BCUT2D eigenvalue weighted by molar-refractivity contribution is 5.92. The third-order valence-corrected chi connectivity index (χ3v) is 12.5. The zero-order valence-electron chi connectivity index (χ0n) is 31.8. The molecule has 14 heteroatoms. The second-order valence-corrected chi connectivity index (χ2v) is 16.4. The van der Waals surface area contributed by atoms with Crippen molar-refractivity contribution in [1.29, 1.82) is 0 Å². The number of anilines is 1. The molecule has 4 amide bonds. The van der Waals surface area contributed by atoms with E-state index in [0.717, 1.165) is 36.9 Å². The zero-order chi connectivity index (χ0) is 38.6. The first-order valence-electron chi connectivity index (χ1n) is 19.8. The van der Waals surface area contributed by atoms with Gasteiger partial charge in [0.2, 0.25) is 18.2 Å². The average Bonchev–Trinajstić information content (AvgIpc) is 4.08. The van der Waals surface area contributed by atoms with Crippen LogP contribution in [0.4, 0.5) is 18.9 Å². The summed E-state index contributed by atoms with van der Waals surface area (Å²) in [6.07, 6.45) is 10.2. The van der Waals surface area contributed by atoms with Crippen LogP contribution in [0.25, 0.3) is 0 Å². The van der Waals surface area contributed by atoms with Gasteiger partial charge in [-0.25, -0.2) is 13.2 Å². The van der Waals surface area contributed by atoms with Crippen molar-refractivity contribution in [3.05, 3.63) is 47.5 Å². The molecule has 1 saturated heterocycles. The standard InChI is InChI=1S/C23H29F3N4O3.C17H27N3O/c1-2-19(32)28-20(23(7-8-23)15-3-4-17(27-14-31)16(24)11-15)21(33)29-9-10-30(12-18(25)26)22(13-29)5-6-22;1-12-3-7-15(8-4-12)13(2)19-17(21)16-9-10-18-20(16)11-14-5-6-14/h3-4,11,14,18,20H,2,5-10,12-13H2,1H3,(H,27,31)(H,28,32);9-10,12-15H,3-8,11H2,1-2H3,(H,19,21). The van der Waals surface area contributed by atoms with Gasteiger partial charge in [0.05, 0.1) is 12.2 Å². The van der Waals surface area contributed by atoms with Gasteiger partial charge in [-0.2, -0.15) is 5.10 Å². The van der Waals surface area contributed by atoms with Crippen molar-refractivity contribution in [3.8, 4) is 0 Å². The molecular formula is C40H56F3N7O4. The Bertz CT molecular complexity index is 1650. The van der Waals surface area contributed by atoms with Gasteiger partial charge in [-0.1, -0.05) is 32.8 Å². The molecule has 1 aromatic heterocycles. The van der Waals surface area contributed by atoms with Gasteiger partial charge in [-0.3, -0.25) is 28.8 Å². The fraction of sp³-hybridized carbons (Fsp3) is 0.675. The number of carbonyl (C=O) groups excluding carboxylic acids is 4. The molecule has 0 bridgehead atoms. The largest absolute Gasteiger partial charge is 0.348 e. The Hall–Kier alpha value is -3.94. The minimum atomic E-state index is -2.43. The van der Waals surface area contributed by atoms with Crippen LogP contribution in [0, 0.1) is 23.6 Å². The highest BCUT2D eigenvalue weighted by Crippen LogP contribution is 2.53. The number of halogens is 3. The summed E-state index contributed by atoms with van der Waals surface area (Å²) in [6.45, 7) is 7.78. The first-order chi connectivity index (χ1) is 25.9. The lowest BCUT2D eigenvalue weighted by atomic mass is 9.80. The van der Waals surface area contributed by atoms with E-state index < -0.39 is 29.2 Å². The van der Waals surface area contributed by atoms with E-state index in [-0.39, 0.29) is 42.4 Å². The summed E-state index contributed by atoms with van der Waals surface area (Å²) in [7, 11) is 0. The maximum Gasteiger partial charge on any atom is 0.269 e. The highest BCUT2D eigenvalue weighted by atomic mass is 19.3. The summed E-state index contributed by atoms with van der Waals surface area (Å²) in [5.74, 6) is 1.10. The molecule has 2 heterocycles. The summed E-state index contributed by atoms with van der Waals surface area (Å²) in [6, 6.07) is 5.66. The van der Waals surface area contributed by atoms with Gasteiger partial charge in [0.25, 0.3) is 12.3 Å². The van der Waals surface area contributed by atoms with Crippen LogP contribution in [-0.4, -0.2) is 93.9 Å².